The average molecular weight is 289 g/mol. The molecule has 2 aliphatic rings. The second-order valence-electron chi connectivity index (χ2n) is 9.01. The van der Waals surface area contributed by atoms with E-state index in [0.29, 0.717) is 11.5 Å². The van der Waals surface area contributed by atoms with Crippen molar-refractivity contribution in [1.82, 2.24) is 4.57 Å². The van der Waals surface area contributed by atoms with Crippen LogP contribution in [0.3, 0.4) is 0 Å². The SMILES string of the molecule is Cc1cc2c(n1C1CCC(C)(C)CC1)CC(C)(C)CC2O. The Bertz CT molecular complexity index is 528. The highest BCUT2D eigenvalue weighted by atomic mass is 16.3. The van der Waals surface area contributed by atoms with Gasteiger partial charge in [-0.3, -0.25) is 0 Å². The second kappa shape index (κ2) is 4.87. The molecule has 1 N–H and O–H groups in total. The summed E-state index contributed by atoms with van der Waals surface area (Å²) in [5.74, 6) is 0. The summed E-state index contributed by atoms with van der Waals surface area (Å²) in [6, 6.07) is 2.89. The minimum atomic E-state index is -0.274. The summed E-state index contributed by atoms with van der Waals surface area (Å²) in [6.45, 7) is 11.6. The monoisotopic (exact) mass is 289 g/mol. The lowest BCUT2D eigenvalue weighted by molar-refractivity contribution is 0.0960. The Hall–Kier alpha value is -0.760. The third-order valence-corrected chi connectivity index (χ3v) is 5.79. The van der Waals surface area contributed by atoms with Crippen LogP contribution in [-0.4, -0.2) is 9.67 Å². The molecule has 0 aromatic carbocycles. The van der Waals surface area contributed by atoms with Crippen LogP contribution in [-0.2, 0) is 6.42 Å². The van der Waals surface area contributed by atoms with E-state index in [0.717, 1.165) is 12.8 Å². The van der Waals surface area contributed by atoms with Crippen LogP contribution >= 0.6 is 0 Å². The van der Waals surface area contributed by atoms with Gasteiger partial charge >= 0.3 is 0 Å². The summed E-state index contributed by atoms with van der Waals surface area (Å²) in [5.41, 5.74) is 4.69. The van der Waals surface area contributed by atoms with Crippen molar-refractivity contribution in [3.63, 3.8) is 0 Å². The molecule has 0 radical (unpaired) electrons. The molecule has 1 aromatic rings. The molecule has 3 rings (SSSR count). The summed E-state index contributed by atoms with van der Waals surface area (Å²) >= 11 is 0. The van der Waals surface area contributed by atoms with Crippen LogP contribution in [0.4, 0.5) is 0 Å². The Morgan fingerprint density at radius 1 is 1.10 bits per heavy atom. The lowest BCUT2D eigenvalue weighted by Crippen LogP contribution is -2.30. The van der Waals surface area contributed by atoms with E-state index in [1.165, 1.54) is 42.6 Å². The van der Waals surface area contributed by atoms with Crippen molar-refractivity contribution in [2.45, 2.75) is 85.3 Å². The predicted octanol–water partition coefficient (Wildman–Crippen LogP) is 4.94. The van der Waals surface area contributed by atoms with Gasteiger partial charge in [-0.15, -0.1) is 0 Å². The van der Waals surface area contributed by atoms with Gasteiger partial charge in [0.1, 0.15) is 0 Å². The molecule has 1 atom stereocenters. The standard InChI is InChI=1S/C19H31NO/c1-13-10-15-16(11-19(4,5)12-17(15)21)20(13)14-6-8-18(2,3)9-7-14/h10,14,17,21H,6-9,11-12H2,1-5H3. The molecule has 0 amide bonds. The molecule has 0 saturated heterocycles. The fourth-order valence-electron chi connectivity index (χ4n) is 4.52. The first kappa shape index (κ1) is 15.1. The van der Waals surface area contributed by atoms with Crippen molar-refractivity contribution < 1.29 is 5.11 Å². The summed E-state index contributed by atoms with van der Waals surface area (Å²) in [4.78, 5) is 0. The van der Waals surface area contributed by atoms with E-state index < -0.39 is 0 Å². The topological polar surface area (TPSA) is 25.2 Å². The van der Waals surface area contributed by atoms with Crippen molar-refractivity contribution in [2.75, 3.05) is 0 Å². The molecule has 21 heavy (non-hydrogen) atoms. The number of nitrogens with zero attached hydrogens (tertiary/aromatic N) is 1. The first-order valence-corrected chi connectivity index (χ1v) is 8.57. The maximum absolute atomic E-state index is 10.5. The van der Waals surface area contributed by atoms with Crippen LogP contribution < -0.4 is 0 Å². The largest absolute Gasteiger partial charge is 0.388 e. The predicted molar refractivity (Wildman–Crippen MR) is 87.5 cm³/mol. The molecule has 0 aliphatic heterocycles. The molecule has 2 aliphatic carbocycles. The number of aliphatic hydroxyl groups is 1. The molecule has 2 nitrogen and oxygen atoms in total. The molecule has 1 fully saturated rings. The van der Waals surface area contributed by atoms with Gasteiger partial charge in [-0.25, -0.2) is 0 Å². The van der Waals surface area contributed by atoms with Crippen LogP contribution in [0, 0.1) is 17.8 Å². The quantitative estimate of drug-likeness (QED) is 0.778. The summed E-state index contributed by atoms with van der Waals surface area (Å²) in [7, 11) is 0. The van der Waals surface area contributed by atoms with E-state index in [1.54, 1.807) is 0 Å². The van der Waals surface area contributed by atoms with Crippen molar-refractivity contribution in [2.24, 2.45) is 10.8 Å². The number of hydrogen-bond donors (Lipinski definition) is 1. The van der Waals surface area contributed by atoms with E-state index in [9.17, 15) is 5.11 Å². The average Bonchev–Trinajstić information content (AvgIpc) is 2.65. The third-order valence-electron chi connectivity index (χ3n) is 5.79. The van der Waals surface area contributed by atoms with Gasteiger partial charge in [-0.2, -0.15) is 0 Å². The molecule has 1 aromatic heterocycles. The van der Waals surface area contributed by atoms with Gasteiger partial charge in [0, 0.05) is 23.0 Å². The molecule has 0 bridgehead atoms. The fourth-order valence-corrected chi connectivity index (χ4v) is 4.52. The molecule has 118 valence electrons. The second-order valence-corrected chi connectivity index (χ2v) is 9.01. The van der Waals surface area contributed by atoms with E-state index in [4.69, 9.17) is 0 Å². The lowest BCUT2D eigenvalue weighted by atomic mass is 9.74. The Morgan fingerprint density at radius 2 is 1.71 bits per heavy atom. The van der Waals surface area contributed by atoms with Gasteiger partial charge in [0.2, 0.25) is 0 Å². The molecular formula is C19H31NO. The zero-order chi connectivity index (χ0) is 15.4. The van der Waals surface area contributed by atoms with Crippen LogP contribution in [0.2, 0.25) is 0 Å². The number of fused-ring (bicyclic) bond motifs is 1. The fraction of sp³-hybridized carbons (Fsp3) is 0.789. The third kappa shape index (κ3) is 2.79. The smallest absolute Gasteiger partial charge is 0.0812 e. The zero-order valence-electron chi connectivity index (χ0n) is 14.4. The van der Waals surface area contributed by atoms with Gasteiger partial charge < -0.3 is 9.67 Å². The normalized spacial score (nSPS) is 28.4. The molecule has 1 unspecified atom stereocenters. The van der Waals surface area contributed by atoms with Crippen LogP contribution in [0.5, 0.6) is 0 Å². The molecule has 2 heteroatoms. The van der Waals surface area contributed by atoms with E-state index in [2.05, 4.69) is 45.3 Å². The van der Waals surface area contributed by atoms with Crippen LogP contribution in [0.15, 0.2) is 6.07 Å². The Balaban J connectivity index is 1.94. The molecule has 1 saturated carbocycles. The number of rotatable bonds is 1. The Labute approximate surface area is 129 Å². The van der Waals surface area contributed by atoms with Gasteiger partial charge in [0.05, 0.1) is 6.10 Å². The lowest BCUT2D eigenvalue weighted by Gasteiger charge is -2.39. The van der Waals surface area contributed by atoms with Crippen molar-refractivity contribution in [1.29, 1.82) is 0 Å². The summed E-state index contributed by atoms with van der Waals surface area (Å²) < 4.78 is 2.58. The maximum atomic E-state index is 10.5. The van der Waals surface area contributed by atoms with Crippen molar-refractivity contribution in [3.05, 3.63) is 23.0 Å². The van der Waals surface area contributed by atoms with Gasteiger partial charge in [-0.1, -0.05) is 27.7 Å². The Morgan fingerprint density at radius 3 is 2.33 bits per heavy atom. The number of aromatic nitrogens is 1. The van der Waals surface area contributed by atoms with Gasteiger partial charge in [0.15, 0.2) is 0 Å². The molecular weight excluding hydrogens is 258 g/mol. The van der Waals surface area contributed by atoms with E-state index in [1.807, 2.05) is 0 Å². The highest BCUT2D eigenvalue weighted by Crippen LogP contribution is 2.46. The molecule has 0 spiro atoms. The first-order valence-electron chi connectivity index (χ1n) is 8.57. The van der Waals surface area contributed by atoms with Gasteiger partial charge in [0.25, 0.3) is 0 Å². The van der Waals surface area contributed by atoms with E-state index in [-0.39, 0.29) is 11.5 Å². The maximum Gasteiger partial charge on any atom is 0.0812 e. The molecule has 1 heterocycles. The highest BCUT2D eigenvalue weighted by Gasteiger charge is 2.36. The van der Waals surface area contributed by atoms with Crippen LogP contribution in [0.25, 0.3) is 0 Å². The minimum absolute atomic E-state index is 0.211. The number of hydrogen-bond acceptors (Lipinski definition) is 1. The van der Waals surface area contributed by atoms with Crippen molar-refractivity contribution in [3.8, 4) is 0 Å². The van der Waals surface area contributed by atoms with Crippen LogP contribution in [0.1, 0.15) is 88.9 Å². The summed E-state index contributed by atoms with van der Waals surface area (Å²) in [5, 5.41) is 10.5. The summed E-state index contributed by atoms with van der Waals surface area (Å²) in [6.07, 6.45) is 6.92. The number of aliphatic hydroxyl groups excluding tert-OH is 1. The minimum Gasteiger partial charge on any atom is -0.388 e. The first-order chi connectivity index (χ1) is 9.69. The van der Waals surface area contributed by atoms with E-state index >= 15 is 0 Å². The zero-order valence-corrected chi connectivity index (χ0v) is 14.4. The highest BCUT2D eigenvalue weighted by molar-refractivity contribution is 5.34. The van der Waals surface area contributed by atoms with Gasteiger partial charge in [-0.05, 0) is 62.3 Å². The Kier molecular flexibility index (Phi) is 3.52. The van der Waals surface area contributed by atoms with Crippen molar-refractivity contribution >= 4 is 0 Å². The number of aryl methyl sites for hydroxylation is 1.